The third-order valence-electron chi connectivity index (χ3n) is 6.82. The summed E-state index contributed by atoms with van der Waals surface area (Å²) in [6.07, 6.45) is 8.24. The predicted octanol–water partition coefficient (Wildman–Crippen LogP) is 4.20. The van der Waals surface area contributed by atoms with Crippen LogP contribution >= 0.6 is 0 Å². The highest BCUT2D eigenvalue weighted by molar-refractivity contribution is 5.55. The molecule has 1 aromatic carbocycles. The van der Waals surface area contributed by atoms with Gasteiger partial charge in [-0.05, 0) is 68.3 Å². The molecule has 0 amide bonds. The Morgan fingerprint density at radius 3 is 2.89 bits per heavy atom. The molecule has 1 aromatic rings. The number of nitrogens with one attached hydrogen (secondary N) is 1. The molecule has 1 saturated carbocycles. The molecule has 2 atom stereocenters. The van der Waals surface area contributed by atoms with E-state index in [2.05, 4.69) is 21.4 Å². The number of rotatable bonds is 4. The van der Waals surface area contributed by atoms with Crippen molar-refractivity contribution in [3.8, 4) is 11.5 Å². The van der Waals surface area contributed by atoms with E-state index in [0.29, 0.717) is 19.1 Å². The SMILES string of the molecule is [N-]=[N+]=NCC1(CC2CCNC2)OCCc2c1ccc1c2OC2(CCCCC2)O1. The number of azide groups is 1. The molecule has 0 radical (unpaired) electrons. The summed E-state index contributed by atoms with van der Waals surface area (Å²) in [6.45, 7) is 2.96. The summed E-state index contributed by atoms with van der Waals surface area (Å²) in [4.78, 5) is 3.04. The quantitative estimate of drug-likeness (QED) is 0.479. The van der Waals surface area contributed by atoms with E-state index in [4.69, 9.17) is 19.7 Å². The van der Waals surface area contributed by atoms with E-state index in [1.165, 1.54) is 12.0 Å². The number of nitrogens with zero attached hydrogens (tertiary/aromatic N) is 3. The molecule has 0 aromatic heterocycles. The summed E-state index contributed by atoms with van der Waals surface area (Å²) < 4.78 is 19.2. The minimum Gasteiger partial charge on any atom is -0.448 e. The van der Waals surface area contributed by atoms with Gasteiger partial charge in [-0.3, -0.25) is 0 Å². The number of fused-ring (bicyclic) bond motifs is 3. The molecule has 4 aliphatic rings. The Bertz CT molecular complexity index is 795. The third kappa shape index (κ3) is 3.02. The van der Waals surface area contributed by atoms with Crippen molar-refractivity contribution in [3.63, 3.8) is 0 Å². The van der Waals surface area contributed by atoms with E-state index in [0.717, 1.165) is 75.1 Å². The van der Waals surface area contributed by atoms with Gasteiger partial charge in [0.25, 0.3) is 5.79 Å². The first-order chi connectivity index (χ1) is 13.7. The van der Waals surface area contributed by atoms with Gasteiger partial charge in [0.05, 0.1) is 18.8 Å². The van der Waals surface area contributed by atoms with Crippen molar-refractivity contribution < 1.29 is 14.2 Å². The second-order valence-corrected chi connectivity index (χ2v) is 8.64. The molecular weight excluding hydrogens is 356 g/mol. The first kappa shape index (κ1) is 18.1. The number of hydrogen-bond acceptors (Lipinski definition) is 5. The van der Waals surface area contributed by atoms with E-state index in [1.807, 2.05) is 6.07 Å². The van der Waals surface area contributed by atoms with Crippen LogP contribution in [0, 0.1) is 5.92 Å². The first-order valence-corrected chi connectivity index (χ1v) is 10.6. The lowest BCUT2D eigenvalue weighted by atomic mass is 9.79. The zero-order valence-electron chi connectivity index (χ0n) is 16.3. The van der Waals surface area contributed by atoms with Gasteiger partial charge in [-0.25, -0.2) is 0 Å². The summed E-state index contributed by atoms with van der Waals surface area (Å²) in [5, 5.41) is 7.38. The van der Waals surface area contributed by atoms with E-state index >= 15 is 0 Å². The molecule has 3 aliphatic heterocycles. The fraction of sp³-hybridized carbons (Fsp3) is 0.714. The highest BCUT2D eigenvalue weighted by Crippen LogP contribution is 2.52. The van der Waals surface area contributed by atoms with Crippen molar-refractivity contribution in [2.24, 2.45) is 11.0 Å². The van der Waals surface area contributed by atoms with E-state index < -0.39 is 11.4 Å². The van der Waals surface area contributed by atoms with Crippen molar-refractivity contribution >= 4 is 0 Å². The topological polar surface area (TPSA) is 88.5 Å². The van der Waals surface area contributed by atoms with Gasteiger partial charge in [0.1, 0.15) is 0 Å². The van der Waals surface area contributed by atoms with Gasteiger partial charge in [0.15, 0.2) is 11.5 Å². The van der Waals surface area contributed by atoms with Crippen LogP contribution in [0.25, 0.3) is 10.4 Å². The van der Waals surface area contributed by atoms with Crippen LogP contribution in [0.3, 0.4) is 0 Å². The van der Waals surface area contributed by atoms with Crippen LogP contribution in [0.4, 0.5) is 0 Å². The summed E-state index contributed by atoms with van der Waals surface area (Å²) in [6, 6.07) is 4.15. The summed E-state index contributed by atoms with van der Waals surface area (Å²) in [5.41, 5.74) is 10.7. The molecule has 3 heterocycles. The molecule has 5 rings (SSSR count). The van der Waals surface area contributed by atoms with Crippen LogP contribution in [0.2, 0.25) is 0 Å². The van der Waals surface area contributed by atoms with Crippen LogP contribution < -0.4 is 14.8 Å². The zero-order valence-corrected chi connectivity index (χ0v) is 16.3. The smallest absolute Gasteiger partial charge is 0.251 e. The standard InChI is InChI=1S/C21H28N4O3/c22-25-24-14-20(12-15-6-10-23-13-15)17-4-5-18-19(16(17)7-11-26-20)28-21(27-18)8-2-1-3-9-21/h4-5,15,23H,1-3,6-14H2. The Morgan fingerprint density at radius 1 is 1.21 bits per heavy atom. The molecule has 7 nitrogen and oxygen atoms in total. The van der Waals surface area contributed by atoms with Crippen LogP contribution in [-0.2, 0) is 16.8 Å². The molecular formula is C21H28N4O3. The monoisotopic (exact) mass is 384 g/mol. The lowest BCUT2D eigenvalue weighted by molar-refractivity contribution is -0.106. The number of ether oxygens (including phenoxy) is 3. The van der Waals surface area contributed by atoms with E-state index in [-0.39, 0.29) is 0 Å². The second kappa shape index (κ2) is 7.14. The molecule has 0 bridgehead atoms. The van der Waals surface area contributed by atoms with Crippen molar-refractivity contribution in [2.45, 2.75) is 62.8 Å². The van der Waals surface area contributed by atoms with Gasteiger partial charge in [0, 0.05) is 23.3 Å². The second-order valence-electron chi connectivity index (χ2n) is 8.64. The maximum Gasteiger partial charge on any atom is 0.251 e. The molecule has 1 saturated heterocycles. The molecule has 1 N–H and O–H groups in total. The van der Waals surface area contributed by atoms with Gasteiger partial charge in [-0.2, -0.15) is 0 Å². The van der Waals surface area contributed by atoms with Crippen LogP contribution in [0.5, 0.6) is 11.5 Å². The summed E-state index contributed by atoms with van der Waals surface area (Å²) in [7, 11) is 0. The average Bonchev–Trinajstić information content (AvgIpc) is 3.34. The van der Waals surface area contributed by atoms with Gasteiger partial charge in [-0.1, -0.05) is 17.6 Å². The molecule has 1 aliphatic carbocycles. The zero-order chi connectivity index (χ0) is 19.0. The predicted molar refractivity (Wildman–Crippen MR) is 104 cm³/mol. The highest BCUT2D eigenvalue weighted by Gasteiger charge is 2.47. The summed E-state index contributed by atoms with van der Waals surface area (Å²) >= 11 is 0. The van der Waals surface area contributed by atoms with Crippen molar-refractivity contribution in [3.05, 3.63) is 33.7 Å². The van der Waals surface area contributed by atoms with Crippen LogP contribution in [0.1, 0.15) is 56.1 Å². The van der Waals surface area contributed by atoms with Crippen LogP contribution in [0.15, 0.2) is 17.2 Å². The maximum atomic E-state index is 8.99. The Hall–Kier alpha value is -1.95. The van der Waals surface area contributed by atoms with Crippen molar-refractivity contribution in [1.82, 2.24) is 5.32 Å². The normalized spacial score (nSPS) is 30.1. The van der Waals surface area contributed by atoms with Gasteiger partial charge in [0.2, 0.25) is 0 Å². The minimum absolute atomic E-state index is 0.317. The van der Waals surface area contributed by atoms with Gasteiger partial charge in [-0.15, -0.1) is 0 Å². The Kier molecular flexibility index (Phi) is 4.62. The molecule has 7 heteroatoms. The molecule has 150 valence electrons. The Labute approximate surface area is 165 Å². The average molecular weight is 384 g/mol. The van der Waals surface area contributed by atoms with Gasteiger partial charge < -0.3 is 19.5 Å². The maximum absolute atomic E-state index is 8.99. The lowest BCUT2D eigenvalue weighted by Crippen LogP contribution is -2.41. The molecule has 2 unspecified atom stereocenters. The lowest BCUT2D eigenvalue weighted by Gasteiger charge is -2.40. The number of hydrogen-bond donors (Lipinski definition) is 1. The fourth-order valence-corrected chi connectivity index (χ4v) is 5.47. The van der Waals surface area contributed by atoms with Gasteiger partial charge >= 0.3 is 0 Å². The Balaban J connectivity index is 1.52. The van der Waals surface area contributed by atoms with Crippen molar-refractivity contribution in [2.75, 3.05) is 26.2 Å². The first-order valence-electron chi connectivity index (χ1n) is 10.6. The highest BCUT2D eigenvalue weighted by atomic mass is 16.7. The third-order valence-corrected chi connectivity index (χ3v) is 6.82. The Morgan fingerprint density at radius 2 is 2.11 bits per heavy atom. The molecule has 1 spiro atoms. The van der Waals surface area contributed by atoms with Crippen molar-refractivity contribution in [1.29, 1.82) is 0 Å². The van der Waals surface area contributed by atoms with Crippen LogP contribution in [-0.4, -0.2) is 32.0 Å². The minimum atomic E-state index is -0.572. The van der Waals surface area contributed by atoms with E-state index in [9.17, 15) is 0 Å². The molecule has 28 heavy (non-hydrogen) atoms. The van der Waals surface area contributed by atoms with E-state index in [1.54, 1.807) is 0 Å². The largest absolute Gasteiger partial charge is 0.448 e. The number of benzene rings is 1. The molecule has 2 fully saturated rings. The fourth-order valence-electron chi connectivity index (χ4n) is 5.47. The summed E-state index contributed by atoms with van der Waals surface area (Å²) in [5.74, 6) is 1.81.